The molecule has 1 aliphatic carbocycles. The average molecular weight is 444 g/mol. The molecule has 0 aliphatic heterocycles. The molecule has 3 aromatic rings. The van der Waals surface area contributed by atoms with Gasteiger partial charge in [-0.05, 0) is 72.2 Å². The van der Waals surface area contributed by atoms with Gasteiger partial charge in [0.25, 0.3) is 6.08 Å². The van der Waals surface area contributed by atoms with Crippen LogP contribution >= 0.6 is 0 Å². The van der Waals surface area contributed by atoms with Gasteiger partial charge in [0.15, 0.2) is 0 Å². The summed E-state index contributed by atoms with van der Waals surface area (Å²) in [6.07, 6.45) is 4.92. The largest absolute Gasteiger partial charge is 0.271 e. The zero-order chi connectivity index (χ0) is 22.8. The maximum atomic E-state index is 15.0. The van der Waals surface area contributed by atoms with E-state index in [-0.39, 0.29) is 22.7 Å². The molecule has 0 heterocycles. The van der Waals surface area contributed by atoms with Crippen LogP contribution in [0.25, 0.3) is 28.0 Å². The van der Waals surface area contributed by atoms with Crippen LogP contribution in [-0.2, 0) is 0 Å². The Morgan fingerprint density at radius 2 is 1.66 bits per heavy atom. The van der Waals surface area contributed by atoms with Gasteiger partial charge in [-0.1, -0.05) is 44.0 Å². The van der Waals surface area contributed by atoms with Crippen LogP contribution in [0.15, 0.2) is 48.5 Å². The molecule has 0 amide bonds. The monoisotopic (exact) mass is 444 g/mol. The van der Waals surface area contributed by atoms with Crippen molar-refractivity contribution in [3.63, 3.8) is 0 Å². The topological polar surface area (TPSA) is 0 Å². The van der Waals surface area contributed by atoms with Crippen LogP contribution in [0.2, 0.25) is 0 Å². The fourth-order valence-electron chi connectivity index (χ4n) is 4.97. The smallest absolute Gasteiger partial charge is 0.206 e. The van der Waals surface area contributed by atoms with Gasteiger partial charge in [-0.2, -0.15) is 8.78 Å². The van der Waals surface area contributed by atoms with Crippen LogP contribution in [0.5, 0.6) is 0 Å². The highest BCUT2D eigenvalue weighted by molar-refractivity contribution is 5.90. The molecule has 0 atom stereocenters. The van der Waals surface area contributed by atoms with E-state index in [1.54, 1.807) is 12.1 Å². The molecule has 4 rings (SSSR count). The fourth-order valence-corrected chi connectivity index (χ4v) is 4.97. The molecular formula is C27H25F5. The summed E-state index contributed by atoms with van der Waals surface area (Å²) in [5.74, 6) is -1.40. The summed E-state index contributed by atoms with van der Waals surface area (Å²) in [5.41, 5.74) is 1.03. The van der Waals surface area contributed by atoms with E-state index in [0.717, 1.165) is 30.4 Å². The Kier molecular flexibility index (Phi) is 6.63. The van der Waals surface area contributed by atoms with E-state index in [4.69, 9.17) is 0 Å². The molecule has 1 saturated carbocycles. The number of halogens is 5. The van der Waals surface area contributed by atoms with E-state index in [0.29, 0.717) is 17.0 Å². The van der Waals surface area contributed by atoms with Crippen LogP contribution in [0.3, 0.4) is 0 Å². The Bertz CT molecular complexity index is 1150. The van der Waals surface area contributed by atoms with Crippen LogP contribution < -0.4 is 0 Å². The number of hydrogen-bond donors (Lipinski definition) is 0. The van der Waals surface area contributed by atoms with Gasteiger partial charge >= 0.3 is 0 Å². The molecule has 168 valence electrons. The zero-order valence-electron chi connectivity index (χ0n) is 17.9. The van der Waals surface area contributed by atoms with Crippen LogP contribution in [0.4, 0.5) is 22.0 Å². The molecule has 0 saturated heterocycles. The predicted octanol–water partition coefficient (Wildman–Crippen LogP) is 9.24. The Hall–Kier alpha value is -2.69. The van der Waals surface area contributed by atoms with Crippen molar-refractivity contribution in [2.75, 3.05) is 0 Å². The number of rotatable bonds is 5. The average Bonchev–Trinajstić information content (AvgIpc) is 2.77. The van der Waals surface area contributed by atoms with Gasteiger partial charge in [-0.25, -0.2) is 13.2 Å². The van der Waals surface area contributed by atoms with E-state index in [1.165, 1.54) is 43.9 Å². The molecule has 32 heavy (non-hydrogen) atoms. The lowest BCUT2D eigenvalue weighted by Gasteiger charge is -2.28. The second-order valence-electron chi connectivity index (χ2n) is 8.70. The molecule has 0 unspecified atom stereocenters. The first kappa shape index (κ1) is 22.5. The summed E-state index contributed by atoms with van der Waals surface area (Å²) in [7, 11) is 0. The Morgan fingerprint density at radius 1 is 0.906 bits per heavy atom. The molecule has 0 aromatic heterocycles. The van der Waals surface area contributed by atoms with Crippen LogP contribution in [-0.4, -0.2) is 0 Å². The van der Waals surface area contributed by atoms with E-state index in [1.807, 2.05) is 6.07 Å². The molecule has 0 nitrogen and oxygen atoms in total. The first-order valence-electron chi connectivity index (χ1n) is 11.1. The first-order valence-corrected chi connectivity index (χ1v) is 11.1. The Morgan fingerprint density at radius 3 is 2.31 bits per heavy atom. The lowest BCUT2D eigenvalue weighted by atomic mass is 9.77. The van der Waals surface area contributed by atoms with Gasteiger partial charge in [0.2, 0.25) is 0 Å². The highest BCUT2D eigenvalue weighted by Gasteiger charge is 2.23. The highest BCUT2D eigenvalue weighted by Crippen LogP contribution is 2.39. The lowest BCUT2D eigenvalue weighted by molar-refractivity contribution is 0.308. The molecular weight excluding hydrogens is 419 g/mol. The van der Waals surface area contributed by atoms with Crippen molar-refractivity contribution in [2.24, 2.45) is 5.92 Å². The number of benzene rings is 3. The number of hydrogen-bond acceptors (Lipinski definition) is 0. The van der Waals surface area contributed by atoms with E-state index in [2.05, 4.69) is 6.92 Å². The SMILES string of the molecule is CCCC1CCC(c2ccc(-c3ccc4c(F)c(C=C(F)F)c(F)cc4c3)c(F)c2)CC1. The number of fused-ring (bicyclic) bond motifs is 1. The minimum atomic E-state index is -2.18. The van der Waals surface area contributed by atoms with Crippen molar-refractivity contribution in [3.05, 3.63) is 77.1 Å². The van der Waals surface area contributed by atoms with Gasteiger partial charge in [0.1, 0.15) is 17.5 Å². The predicted molar refractivity (Wildman–Crippen MR) is 119 cm³/mol. The summed E-state index contributed by atoms with van der Waals surface area (Å²) >= 11 is 0. The summed E-state index contributed by atoms with van der Waals surface area (Å²) in [6.45, 7) is 2.20. The van der Waals surface area contributed by atoms with Crippen molar-refractivity contribution in [1.29, 1.82) is 0 Å². The highest BCUT2D eigenvalue weighted by atomic mass is 19.3. The standard InChI is InChI=1S/C27H25F5/c1-2-3-16-4-6-17(7-5-16)18-8-10-21(24(28)13-18)19-9-11-22-20(12-19)14-25(29)23(27(22)32)15-26(30)31/h8-17H,2-7H2,1H3. The van der Waals surface area contributed by atoms with Crippen LogP contribution in [0.1, 0.15) is 62.5 Å². The van der Waals surface area contributed by atoms with Crippen LogP contribution in [0, 0.1) is 23.4 Å². The van der Waals surface area contributed by atoms with Gasteiger partial charge in [0.05, 0.1) is 5.56 Å². The molecule has 0 spiro atoms. The van der Waals surface area contributed by atoms with Gasteiger partial charge in [0, 0.05) is 17.0 Å². The van der Waals surface area contributed by atoms with Crippen molar-refractivity contribution in [3.8, 4) is 11.1 Å². The van der Waals surface area contributed by atoms with Crippen molar-refractivity contribution in [2.45, 2.75) is 51.4 Å². The lowest BCUT2D eigenvalue weighted by Crippen LogP contribution is -2.13. The Balaban J connectivity index is 1.62. The molecule has 5 heteroatoms. The second-order valence-corrected chi connectivity index (χ2v) is 8.70. The van der Waals surface area contributed by atoms with Gasteiger partial charge < -0.3 is 0 Å². The van der Waals surface area contributed by atoms with Gasteiger partial charge in [-0.3, -0.25) is 0 Å². The third-order valence-corrected chi connectivity index (χ3v) is 6.64. The van der Waals surface area contributed by atoms with E-state index in [9.17, 15) is 17.6 Å². The summed E-state index contributed by atoms with van der Waals surface area (Å²) in [4.78, 5) is 0. The maximum absolute atomic E-state index is 15.0. The minimum Gasteiger partial charge on any atom is -0.206 e. The molecule has 1 fully saturated rings. The third kappa shape index (κ3) is 4.57. The summed E-state index contributed by atoms with van der Waals surface area (Å²) in [5, 5.41) is 0.190. The quantitative estimate of drug-likeness (QED) is 0.344. The zero-order valence-corrected chi connectivity index (χ0v) is 17.9. The normalized spacial score (nSPS) is 18.7. The molecule has 3 aromatic carbocycles. The molecule has 0 bridgehead atoms. The molecule has 0 radical (unpaired) electrons. The minimum absolute atomic E-state index is 0.00326. The van der Waals surface area contributed by atoms with Crippen molar-refractivity contribution >= 4 is 16.8 Å². The van der Waals surface area contributed by atoms with Crippen molar-refractivity contribution in [1.82, 2.24) is 0 Å². The summed E-state index contributed by atoms with van der Waals surface area (Å²) in [6, 6.07) is 10.6. The first-order chi connectivity index (χ1) is 15.4. The van der Waals surface area contributed by atoms with E-state index < -0.39 is 23.3 Å². The Labute approximate surface area is 184 Å². The third-order valence-electron chi connectivity index (χ3n) is 6.64. The molecule has 0 N–H and O–H groups in total. The summed E-state index contributed by atoms with van der Waals surface area (Å²) < 4.78 is 68.8. The van der Waals surface area contributed by atoms with E-state index >= 15 is 4.39 Å². The second kappa shape index (κ2) is 9.43. The van der Waals surface area contributed by atoms with Crippen molar-refractivity contribution < 1.29 is 22.0 Å². The maximum Gasteiger partial charge on any atom is 0.271 e. The molecule has 1 aliphatic rings. The fraction of sp³-hybridized carbons (Fsp3) is 0.333. The van der Waals surface area contributed by atoms with Gasteiger partial charge in [-0.15, -0.1) is 0 Å².